The van der Waals surface area contributed by atoms with Gasteiger partial charge in [-0.25, -0.2) is 0 Å². The molecule has 15 heavy (non-hydrogen) atoms. The molecule has 0 aromatic carbocycles. The second kappa shape index (κ2) is 8.19. The molecule has 0 aliphatic rings. The Morgan fingerprint density at radius 1 is 0.933 bits per heavy atom. The summed E-state index contributed by atoms with van der Waals surface area (Å²) >= 11 is 0. The summed E-state index contributed by atoms with van der Waals surface area (Å²) in [5.41, 5.74) is 0.588. The van der Waals surface area contributed by atoms with Crippen LogP contribution in [-0.4, -0.2) is 0 Å². The van der Waals surface area contributed by atoms with Crippen LogP contribution in [0.25, 0.3) is 0 Å². The number of hydrogen-bond donors (Lipinski definition) is 0. The Balaban J connectivity index is 3.37. The fourth-order valence-corrected chi connectivity index (χ4v) is 2.28. The molecular weight excluding hydrogens is 180 g/mol. The van der Waals surface area contributed by atoms with Crippen molar-refractivity contribution >= 4 is 0 Å². The first-order valence-corrected chi connectivity index (χ1v) is 7.02. The zero-order valence-corrected chi connectivity index (χ0v) is 11.7. The zero-order valence-electron chi connectivity index (χ0n) is 11.7. The van der Waals surface area contributed by atoms with E-state index in [-0.39, 0.29) is 0 Å². The van der Waals surface area contributed by atoms with Crippen molar-refractivity contribution < 1.29 is 0 Å². The van der Waals surface area contributed by atoms with Crippen LogP contribution >= 0.6 is 0 Å². The summed E-state index contributed by atoms with van der Waals surface area (Å²) < 4.78 is 0. The van der Waals surface area contributed by atoms with Crippen molar-refractivity contribution in [3.63, 3.8) is 0 Å². The lowest BCUT2D eigenvalue weighted by molar-refractivity contribution is 0.289. The van der Waals surface area contributed by atoms with E-state index in [4.69, 9.17) is 0 Å². The van der Waals surface area contributed by atoms with Crippen molar-refractivity contribution in [3.8, 4) is 0 Å². The van der Waals surface area contributed by atoms with Gasteiger partial charge in [-0.3, -0.25) is 0 Å². The third-order valence-electron chi connectivity index (χ3n) is 3.67. The topological polar surface area (TPSA) is 0 Å². The van der Waals surface area contributed by atoms with Crippen molar-refractivity contribution in [3.05, 3.63) is 0 Å². The largest absolute Gasteiger partial charge is 0.0654 e. The van der Waals surface area contributed by atoms with E-state index in [1.807, 2.05) is 0 Å². The Morgan fingerprint density at radius 2 is 1.60 bits per heavy atom. The van der Waals surface area contributed by atoms with E-state index in [1.54, 1.807) is 0 Å². The molecule has 0 aromatic heterocycles. The van der Waals surface area contributed by atoms with Crippen LogP contribution in [-0.2, 0) is 0 Å². The lowest BCUT2D eigenvalue weighted by atomic mass is 9.82. The maximum atomic E-state index is 2.42. The lowest BCUT2D eigenvalue weighted by Crippen LogP contribution is -2.10. The van der Waals surface area contributed by atoms with Crippen LogP contribution in [0.4, 0.5) is 0 Å². The van der Waals surface area contributed by atoms with Crippen LogP contribution in [0.2, 0.25) is 0 Å². The SMILES string of the molecule is CCCC(C)(C)CCCCCC(C)CC. The van der Waals surface area contributed by atoms with Gasteiger partial charge in [0.15, 0.2) is 0 Å². The van der Waals surface area contributed by atoms with E-state index in [0.717, 1.165) is 5.92 Å². The molecule has 0 saturated carbocycles. The zero-order chi connectivity index (χ0) is 11.7. The van der Waals surface area contributed by atoms with E-state index in [9.17, 15) is 0 Å². The number of hydrogen-bond acceptors (Lipinski definition) is 0. The fraction of sp³-hybridized carbons (Fsp3) is 1.00. The minimum Gasteiger partial charge on any atom is -0.0654 e. The Morgan fingerprint density at radius 3 is 2.13 bits per heavy atom. The molecule has 1 atom stereocenters. The standard InChI is InChI=1S/C15H32/c1-6-12-15(4,5)13-10-8-9-11-14(3)7-2/h14H,6-13H2,1-5H3. The van der Waals surface area contributed by atoms with Gasteiger partial charge in [0.25, 0.3) is 0 Å². The maximum absolute atomic E-state index is 2.42. The third-order valence-corrected chi connectivity index (χ3v) is 3.67. The van der Waals surface area contributed by atoms with Crippen molar-refractivity contribution in [2.45, 2.75) is 86.0 Å². The first-order chi connectivity index (χ1) is 7.02. The van der Waals surface area contributed by atoms with Gasteiger partial charge < -0.3 is 0 Å². The summed E-state index contributed by atoms with van der Waals surface area (Å²) in [6.45, 7) is 11.8. The van der Waals surface area contributed by atoms with Gasteiger partial charge in [-0.2, -0.15) is 0 Å². The van der Waals surface area contributed by atoms with Crippen LogP contribution in [0.5, 0.6) is 0 Å². The van der Waals surface area contributed by atoms with Gasteiger partial charge in [-0.1, -0.05) is 73.1 Å². The van der Waals surface area contributed by atoms with E-state index < -0.39 is 0 Å². The molecule has 0 amide bonds. The van der Waals surface area contributed by atoms with Crippen LogP contribution in [0, 0.1) is 11.3 Å². The molecule has 0 nitrogen and oxygen atoms in total. The van der Waals surface area contributed by atoms with Gasteiger partial charge in [-0.15, -0.1) is 0 Å². The normalized spacial score (nSPS) is 14.2. The van der Waals surface area contributed by atoms with Gasteiger partial charge in [0, 0.05) is 0 Å². The van der Waals surface area contributed by atoms with Gasteiger partial charge in [-0.05, 0) is 24.2 Å². The molecule has 92 valence electrons. The Kier molecular flexibility index (Phi) is 8.19. The van der Waals surface area contributed by atoms with Crippen LogP contribution in [0.1, 0.15) is 86.0 Å². The Hall–Kier alpha value is 0. The minimum atomic E-state index is 0.588. The first-order valence-electron chi connectivity index (χ1n) is 7.02. The molecule has 0 radical (unpaired) electrons. The summed E-state index contributed by atoms with van der Waals surface area (Å²) in [7, 11) is 0. The Bertz CT molecular complexity index is 135. The van der Waals surface area contributed by atoms with Crippen molar-refractivity contribution in [1.82, 2.24) is 0 Å². The van der Waals surface area contributed by atoms with Crippen LogP contribution in [0.3, 0.4) is 0 Å². The first kappa shape index (κ1) is 15.0. The molecule has 0 N–H and O–H groups in total. The molecule has 0 bridgehead atoms. The molecule has 0 aliphatic carbocycles. The van der Waals surface area contributed by atoms with E-state index in [2.05, 4.69) is 34.6 Å². The van der Waals surface area contributed by atoms with Crippen molar-refractivity contribution in [2.75, 3.05) is 0 Å². The van der Waals surface area contributed by atoms with Crippen molar-refractivity contribution in [1.29, 1.82) is 0 Å². The molecule has 0 spiro atoms. The number of unbranched alkanes of at least 4 members (excludes halogenated alkanes) is 2. The highest BCUT2D eigenvalue weighted by molar-refractivity contribution is 4.67. The predicted molar refractivity (Wildman–Crippen MR) is 71.2 cm³/mol. The number of rotatable bonds is 9. The van der Waals surface area contributed by atoms with E-state index in [1.165, 1.54) is 51.4 Å². The molecule has 0 heterocycles. The van der Waals surface area contributed by atoms with Crippen LogP contribution in [0.15, 0.2) is 0 Å². The molecule has 0 aliphatic heterocycles. The predicted octanol–water partition coefficient (Wildman–Crippen LogP) is 5.81. The molecule has 1 unspecified atom stereocenters. The third kappa shape index (κ3) is 8.96. The van der Waals surface area contributed by atoms with E-state index >= 15 is 0 Å². The fourth-order valence-electron chi connectivity index (χ4n) is 2.28. The molecule has 0 rings (SSSR count). The molecule has 0 fully saturated rings. The van der Waals surface area contributed by atoms with E-state index in [0.29, 0.717) is 5.41 Å². The summed E-state index contributed by atoms with van der Waals surface area (Å²) in [4.78, 5) is 0. The average molecular weight is 212 g/mol. The van der Waals surface area contributed by atoms with Gasteiger partial charge in [0.1, 0.15) is 0 Å². The van der Waals surface area contributed by atoms with Gasteiger partial charge in [0.2, 0.25) is 0 Å². The quantitative estimate of drug-likeness (QED) is 0.423. The van der Waals surface area contributed by atoms with Crippen molar-refractivity contribution in [2.24, 2.45) is 11.3 Å². The smallest absolute Gasteiger partial charge is 0.0354 e. The molecular formula is C15H32. The van der Waals surface area contributed by atoms with Gasteiger partial charge >= 0.3 is 0 Å². The summed E-state index contributed by atoms with van der Waals surface area (Å²) in [6, 6.07) is 0. The second-order valence-corrected chi connectivity index (χ2v) is 6.03. The maximum Gasteiger partial charge on any atom is -0.0354 e. The minimum absolute atomic E-state index is 0.588. The lowest BCUT2D eigenvalue weighted by Gasteiger charge is -2.23. The average Bonchev–Trinajstić information content (AvgIpc) is 2.16. The summed E-state index contributed by atoms with van der Waals surface area (Å²) in [5, 5.41) is 0. The highest BCUT2D eigenvalue weighted by Gasteiger charge is 2.15. The Labute approximate surface area is 97.8 Å². The molecule has 0 heteroatoms. The molecule has 0 aromatic rings. The highest BCUT2D eigenvalue weighted by Crippen LogP contribution is 2.29. The summed E-state index contributed by atoms with van der Waals surface area (Å²) in [6.07, 6.45) is 11.2. The highest BCUT2D eigenvalue weighted by atomic mass is 14.2. The van der Waals surface area contributed by atoms with Crippen LogP contribution < -0.4 is 0 Å². The van der Waals surface area contributed by atoms with Gasteiger partial charge in [0.05, 0.1) is 0 Å². The summed E-state index contributed by atoms with van der Waals surface area (Å²) in [5.74, 6) is 0.939. The monoisotopic (exact) mass is 212 g/mol. The second-order valence-electron chi connectivity index (χ2n) is 6.03. The molecule has 0 saturated heterocycles.